The predicted octanol–water partition coefficient (Wildman–Crippen LogP) is 2.03. The van der Waals surface area contributed by atoms with Gasteiger partial charge >= 0.3 is 0 Å². The Balaban J connectivity index is 1.43. The van der Waals surface area contributed by atoms with Crippen LogP contribution in [0.5, 0.6) is 0 Å². The van der Waals surface area contributed by atoms with Crippen LogP contribution in [0.2, 0.25) is 0 Å². The van der Waals surface area contributed by atoms with Crippen LogP contribution in [-0.2, 0) is 14.8 Å². The maximum absolute atomic E-state index is 12.0. The van der Waals surface area contributed by atoms with Crippen molar-refractivity contribution in [1.82, 2.24) is 10.0 Å². The first-order chi connectivity index (χ1) is 11.6. The van der Waals surface area contributed by atoms with Gasteiger partial charge in [0.15, 0.2) is 0 Å². The zero-order valence-corrected chi connectivity index (χ0v) is 14.0. The average molecular weight is 344 g/mol. The molecule has 1 aliphatic carbocycles. The highest BCUT2D eigenvalue weighted by molar-refractivity contribution is 7.89. The third-order valence-electron chi connectivity index (χ3n) is 4.06. The van der Waals surface area contributed by atoms with Gasteiger partial charge in [0.1, 0.15) is 0 Å². The van der Waals surface area contributed by atoms with Crippen LogP contribution < -0.4 is 10.0 Å². The van der Waals surface area contributed by atoms with Gasteiger partial charge in [-0.05, 0) is 24.1 Å². The summed E-state index contributed by atoms with van der Waals surface area (Å²) in [5.74, 6) is 0.241. The minimum absolute atomic E-state index is 0.0891. The molecule has 1 saturated carbocycles. The summed E-state index contributed by atoms with van der Waals surface area (Å²) in [6.45, 7) is 0.0891. The first-order valence-electron chi connectivity index (χ1n) is 7.95. The number of sulfonamides is 1. The Labute approximate surface area is 142 Å². The summed E-state index contributed by atoms with van der Waals surface area (Å²) >= 11 is 0. The fraction of sp³-hybridized carbons (Fsp3) is 0.278. The van der Waals surface area contributed by atoms with Crippen LogP contribution in [0.25, 0.3) is 0 Å². The molecule has 126 valence electrons. The molecule has 0 saturated heterocycles. The number of carbonyl (C=O) groups excluding carboxylic acids is 1. The first-order valence-corrected chi connectivity index (χ1v) is 9.43. The number of hydrogen-bond acceptors (Lipinski definition) is 3. The summed E-state index contributed by atoms with van der Waals surface area (Å²) in [4.78, 5) is 12.2. The SMILES string of the molecule is O=C(CCNS(=O)(=O)c1ccccc1)N[C@@H]1C[C@@H]1c1ccccc1. The normalized spacial score (nSPS) is 19.7. The molecule has 0 spiro atoms. The number of carbonyl (C=O) groups is 1. The summed E-state index contributed by atoms with van der Waals surface area (Å²) in [6.07, 6.45) is 1.07. The molecular formula is C18H20N2O3S. The number of hydrogen-bond donors (Lipinski definition) is 2. The van der Waals surface area contributed by atoms with E-state index >= 15 is 0 Å². The van der Waals surface area contributed by atoms with Crippen molar-refractivity contribution in [3.8, 4) is 0 Å². The Hall–Kier alpha value is -2.18. The number of amides is 1. The van der Waals surface area contributed by atoms with Crippen LogP contribution in [0, 0.1) is 0 Å². The molecule has 1 aliphatic rings. The number of nitrogens with one attached hydrogen (secondary N) is 2. The fourth-order valence-corrected chi connectivity index (χ4v) is 3.74. The summed E-state index contributed by atoms with van der Waals surface area (Å²) in [5, 5.41) is 2.95. The van der Waals surface area contributed by atoms with Gasteiger partial charge in [0, 0.05) is 24.9 Å². The van der Waals surface area contributed by atoms with Crippen molar-refractivity contribution in [2.45, 2.75) is 29.7 Å². The molecule has 0 aromatic heterocycles. The van der Waals surface area contributed by atoms with Gasteiger partial charge in [-0.25, -0.2) is 13.1 Å². The molecule has 3 rings (SSSR count). The molecule has 0 heterocycles. The lowest BCUT2D eigenvalue weighted by molar-refractivity contribution is -0.121. The molecule has 2 N–H and O–H groups in total. The van der Waals surface area contributed by atoms with E-state index in [-0.39, 0.29) is 29.8 Å². The molecule has 2 aromatic carbocycles. The van der Waals surface area contributed by atoms with Crippen molar-refractivity contribution in [3.63, 3.8) is 0 Å². The highest BCUT2D eigenvalue weighted by Gasteiger charge is 2.39. The quantitative estimate of drug-likeness (QED) is 0.807. The van der Waals surface area contributed by atoms with Crippen molar-refractivity contribution >= 4 is 15.9 Å². The van der Waals surface area contributed by atoms with Crippen molar-refractivity contribution in [3.05, 3.63) is 66.2 Å². The highest BCUT2D eigenvalue weighted by atomic mass is 32.2. The maximum atomic E-state index is 12.0. The lowest BCUT2D eigenvalue weighted by Crippen LogP contribution is -2.32. The van der Waals surface area contributed by atoms with E-state index in [4.69, 9.17) is 0 Å². The molecule has 1 amide bonds. The maximum Gasteiger partial charge on any atom is 0.240 e. The molecule has 5 nitrogen and oxygen atoms in total. The third kappa shape index (κ3) is 4.21. The lowest BCUT2D eigenvalue weighted by Gasteiger charge is -2.07. The Morgan fingerprint density at radius 3 is 2.29 bits per heavy atom. The standard InChI is InChI=1S/C18H20N2O3S/c21-18(20-17-13-16(17)14-7-3-1-4-8-14)11-12-19-24(22,23)15-9-5-2-6-10-15/h1-10,16-17,19H,11-13H2,(H,20,21)/t16-,17-/m1/s1. The Morgan fingerprint density at radius 2 is 1.62 bits per heavy atom. The molecule has 0 bridgehead atoms. The largest absolute Gasteiger partial charge is 0.353 e. The van der Waals surface area contributed by atoms with Crippen LogP contribution in [0.1, 0.15) is 24.3 Å². The summed E-state index contributed by atoms with van der Waals surface area (Å²) in [5.41, 5.74) is 1.23. The first kappa shape index (κ1) is 16.7. The van der Waals surface area contributed by atoms with Crippen molar-refractivity contribution in [1.29, 1.82) is 0 Å². The van der Waals surface area contributed by atoms with Crippen LogP contribution >= 0.6 is 0 Å². The minimum Gasteiger partial charge on any atom is -0.353 e. The molecule has 0 unspecified atom stereocenters. The Kier molecular flexibility index (Phi) is 4.97. The molecule has 0 radical (unpaired) electrons. The predicted molar refractivity (Wildman–Crippen MR) is 92.0 cm³/mol. The van der Waals surface area contributed by atoms with E-state index < -0.39 is 10.0 Å². The van der Waals surface area contributed by atoms with Gasteiger partial charge in [0.05, 0.1) is 4.90 Å². The third-order valence-corrected chi connectivity index (χ3v) is 5.54. The van der Waals surface area contributed by atoms with Crippen LogP contribution in [0.15, 0.2) is 65.6 Å². The van der Waals surface area contributed by atoms with Crippen molar-refractivity contribution in [2.24, 2.45) is 0 Å². The van der Waals surface area contributed by atoms with E-state index in [1.165, 1.54) is 17.7 Å². The average Bonchev–Trinajstić information content (AvgIpc) is 3.35. The van der Waals surface area contributed by atoms with Gasteiger partial charge in [-0.15, -0.1) is 0 Å². The van der Waals surface area contributed by atoms with Gasteiger partial charge in [0.25, 0.3) is 0 Å². The summed E-state index contributed by atoms with van der Waals surface area (Å²) in [7, 11) is -3.55. The molecule has 2 aromatic rings. The van der Waals surface area contributed by atoms with E-state index in [2.05, 4.69) is 22.2 Å². The second kappa shape index (κ2) is 7.15. The fourth-order valence-electron chi connectivity index (χ4n) is 2.68. The zero-order valence-electron chi connectivity index (χ0n) is 13.2. The van der Waals surface area contributed by atoms with Gasteiger partial charge < -0.3 is 5.32 Å². The Morgan fingerprint density at radius 1 is 1.00 bits per heavy atom. The Bertz CT molecular complexity index is 792. The lowest BCUT2D eigenvalue weighted by atomic mass is 10.1. The van der Waals surface area contributed by atoms with Gasteiger partial charge in [0.2, 0.25) is 15.9 Å². The van der Waals surface area contributed by atoms with E-state index in [0.717, 1.165) is 6.42 Å². The van der Waals surface area contributed by atoms with E-state index in [9.17, 15) is 13.2 Å². The molecule has 6 heteroatoms. The van der Waals surface area contributed by atoms with Crippen LogP contribution in [0.3, 0.4) is 0 Å². The number of rotatable bonds is 7. The van der Waals surface area contributed by atoms with Gasteiger partial charge in [-0.2, -0.15) is 0 Å². The van der Waals surface area contributed by atoms with E-state index in [1.807, 2.05) is 18.2 Å². The molecule has 0 aliphatic heterocycles. The van der Waals surface area contributed by atoms with E-state index in [0.29, 0.717) is 5.92 Å². The van der Waals surface area contributed by atoms with Crippen LogP contribution in [-0.4, -0.2) is 26.9 Å². The summed E-state index contributed by atoms with van der Waals surface area (Å²) in [6, 6.07) is 18.4. The summed E-state index contributed by atoms with van der Waals surface area (Å²) < 4.78 is 26.5. The topological polar surface area (TPSA) is 75.3 Å². The van der Waals surface area contributed by atoms with Gasteiger partial charge in [-0.3, -0.25) is 4.79 Å². The molecule has 1 fully saturated rings. The number of benzene rings is 2. The van der Waals surface area contributed by atoms with Crippen molar-refractivity contribution < 1.29 is 13.2 Å². The second-order valence-electron chi connectivity index (χ2n) is 5.89. The van der Waals surface area contributed by atoms with Gasteiger partial charge in [-0.1, -0.05) is 48.5 Å². The molecule has 24 heavy (non-hydrogen) atoms. The molecular weight excluding hydrogens is 324 g/mol. The molecule has 2 atom stereocenters. The van der Waals surface area contributed by atoms with Crippen molar-refractivity contribution in [2.75, 3.05) is 6.54 Å². The van der Waals surface area contributed by atoms with E-state index in [1.54, 1.807) is 18.2 Å². The highest BCUT2D eigenvalue weighted by Crippen LogP contribution is 2.40. The second-order valence-corrected chi connectivity index (χ2v) is 7.65. The minimum atomic E-state index is -3.55. The van der Waals surface area contributed by atoms with Crippen LogP contribution in [0.4, 0.5) is 0 Å². The monoisotopic (exact) mass is 344 g/mol. The smallest absolute Gasteiger partial charge is 0.240 e. The zero-order chi connectivity index (χ0) is 17.0.